The SMILES string of the molecule is CCOc1ccccc1OCCN(C)CC(N)=S. The molecule has 0 atom stereocenters. The number of para-hydroxylation sites is 2. The van der Waals surface area contributed by atoms with E-state index in [1.807, 2.05) is 43.1 Å². The van der Waals surface area contributed by atoms with Crippen molar-refractivity contribution in [1.82, 2.24) is 4.90 Å². The van der Waals surface area contributed by atoms with Crippen molar-refractivity contribution in [2.24, 2.45) is 5.73 Å². The molecule has 0 fully saturated rings. The summed E-state index contributed by atoms with van der Waals surface area (Å²) in [6.45, 7) is 4.52. The summed E-state index contributed by atoms with van der Waals surface area (Å²) in [7, 11) is 1.96. The van der Waals surface area contributed by atoms with Crippen LogP contribution in [0, 0.1) is 0 Å². The monoisotopic (exact) mass is 268 g/mol. The van der Waals surface area contributed by atoms with Crippen LogP contribution in [0.4, 0.5) is 0 Å². The Hall–Kier alpha value is -1.33. The number of nitrogens with two attached hydrogens (primary N) is 1. The van der Waals surface area contributed by atoms with E-state index in [2.05, 4.69) is 0 Å². The maximum Gasteiger partial charge on any atom is 0.161 e. The zero-order valence-electron chi connectivity index (χ0n) is 10.9. The second-order valence-electron chi connectivity index (χ2n) is 3.93. The highest BCUT2D eigenvalue weighted by molar-refractivity contribution is 7.80. The fraction of sp³-hybridized carbons (Fsp3) is 0.462. The largest absolute Gasteiger partial charge is 0.490 e. The van der Waals surface area contributed by atoms with Crippen molar-refractivity contribution >= 4 is 17.2 Å². The number of thiocarbonyl (C=S) groups is 1. The fourth-order valence-corrected chi connectivity index (χ4v) is 1.72. The third-order valence-corrected chi connectivity index (χ3v) is 2.43. The Bertz CT molecular complexity index is 385. The van der Waals surface area contributed by atoms with Crippen molar-refractivity contribution in [2.45, 2.75) is 6.92 Å². The highest BCUT2D eigenvalue weighted by atomic mass is 32.1. The molecular formula is C13H20N2O2S. The van der Waals surface area contributed by atoms with Crippen molar-refractivity contribution in [3.05, 3.63) is 24.3 Å². The molecule has 0 aliphatic heterocycles. The topological polar surface area (TPSA) is 47.7 Å². The minimum absolute atomic E-state index is 0.493. The molecule has 1 rings (SSSR count). The second kappa shape index (κ2) is 7.89. The van der Waals surface area contributed by atoms with E-state index in [0.717, 1.165) is 18.0 Å². The van der Waals surface area contributed by atoms with Gasteiger partial charge in [0.2, 0.25) is 0 Å². The standard InChI is InChI=1S/C13H20N2O2S/c1-3-16-11-6-4-5-7-12(11)17-9-8-15(2)10-13(14)18/h4-7H,3,8-10H2,1-2H3,(H2,14,18). The van der Waals surface area contributed by atoms with Gasteiger partial charge in [0.25, 0.3) is 0 Å². The van der Waals surface area contributed by atoms with Crippen LogP contribution in [0.3, 0.4) is 0 Å². The number of likely N-dealkylation sites (N-methyl/N-ethyl adjacent to an activating group) is 1. The van der Waals surface area contributed by atoms with Crippen LogP contribution in [0.2, 0.25) is 0 Å². The lowest BCUT2D eigenvalue weighted by molar-refractivity contribution is 0.238. The van der Waals surface area contributed by atoms with E-state index in [-0.39, 0.29) is 0 Å². The van der Waals surface area contributed by atoms with E-state index >= 15 is 0 Å². The Morgan fingerprint density at radius 2 is 1.89 bits per heavy atom. The summed E-state index contributed by atoms with van der Waals surface area (Å²) in [4.78, 5) is 2.51. The molecule has 0 amide bonds. The van der Waals surface area contributed by atoms with E-state index in [0.29, 0.717) is 24.7 Å². The predicted molar refractivity (Wildman–Crippen MR) is 77.4 cm³/mol. The number of nitrogens with zero attached hydrogens (tertiary/aromatic N) is 1. The van der Waals surface area contributed by atoms with Gasteiger partial charge in [0.1, 0.15) is 6.61 Å². The molecule has 0 unspecified atom stereocenters. The van der Waals surface area contributed by atoms with E-state index in [4.69, 9.17) is 27.4 Å². The van der Waals surface area contributed by atoms with E-state index in [1.54, 1.807) is 0 Å². The Balaban J connectivity index is 2.41. The lowest BCUT2D eigenvalue weighted by atomic mass is 10.3. The fourth-order valence-electron chi connectivity index (χ4n) is 1.50. The molecule has 2 N–H and O–H groups in total. The first-order chi connectivity index (χ1) is 8.63. The first-order valence-electron chi connectivity index (χ1n) is 5.95. The van der Waals surface area contributed by atoms with Gasteiger partial charge in [-0.3, -0.25) is 4.90 Å². The molecule has 0 aliphatic carbocycles. The lowest BCUT2D eigenvalue weighted by Crippen LogP contribution is -2.32. The summed E-state index contributed by atoms with van der Waals surface area (Å²) < 4.78 is 11.2. The van der Waals surface area contributed by atoms with Crippen molar-refractivity contribution in [3.63, 3.8) is 0 Å². The number of ether oxygens (including phenoxy) is 2. The van der Waals surface area contributed by atoms with E-state index in [9.17, 15) is 0 Å². The minimum atomic E-state index is 0.493. The first-order valence-corrected chi connectivity index (χ1v) is 6.35. The Kier molecular flexibility index (Phi) is 6.46. The molecule has 1 aromatic rings. The highest BCUT2D eigenvalue weighted by Gasteiger charge is 2.04. The maximum atomic E-state index is 5.69. The molecular weight excluding hydrogens is 248 g/mol. The second-order valence-corrected chi connectivity index (χ2v) is 4.46. The lowest BCUT2D eigenvalue weighted by Gasteiger charge is -2.17. The molecule has 18 heavy (non-hydrogen) atoms. The van der Waals surface area contributed by atoms with Gasteiger partial charge in [-0.05, 0) is 26.1 Å². The molecule has 5 heteroatoms. The molecule has 0 saturated carbocycles. The van der Waals surface area contributed by atoms with Crippen LogP contribution < -0.4 is 15.2 Å². The molecule has 0 bridgehead atoms. The van der Waals surface area contributed by atoms with Gasteiger partial charge in [0, 0.05) is 13.1 Å². The van der Waals surface area contributed by atoms with E-state index < -0.39 is 0 Å². The van der Waals surface area contributed by atoms with Crippen LogP contribution >= 0.6 is 12.2 Å². The van der Waals surface area contributed by atoms with Crippen molar-refractivity contribution in [2.75, 3.05) is 33.4 Å². The number of rotatable bonds is 8. The van der Waals surface area contributed by atoms with Gasteiger partial charge >= 0.3 is 0 Å². The number of hydrogen-bond donors (Lipinski definition) is 1. The normalized spacial score (nSPS) is 10.4. The average Bonchev–Trinajstić information content (AvgIpc) is 2.30. The highest BCUT2D eigenvalue weighted by Crippen LogP contribution is 2.26. The first kappa shape index (κ1) is 14.7. The summed E-state index contributed by atoms with van der Waals surface area (Å²) in [5.41, 5.74) is 5.47. The zero-order chi connectivity index (χ0) is 13.4. The van der Waals surface area contributed by atoms with Crippen LogP contribution in [-0.4, -0.2) is 43.2 Å². The van der Waals surface area contributed by atoms with Crippen LogP contribution in [0.15, 0.2) is 24.3 Å². The average molecular weight is 268 g/mol. The van der Waals surface area contributed by atoms with Crippen molar-refractivity contribution < 1.29 is 9.47 Å². The van der Waals surface area contributed by atoms with Crippen molar-refractivity contribution in [3.8, 4) is 11.5 Å². The molecule has 0 aromatic heterocycles. The Labute approximate surface area is 114 Å². The summed E-state index contributed by atoms with van der Waals surface area (Å²) in [6.07, 6.45) is 0. The molecule has 0 radical (unpaired) electrons. The van der Waals surface area contributed by atoms with E-state index in [1.165, 1.54) is 0 Å². The van der Waals surface area contributed by atoms with Crippen LogP contribution in [0.1, 0.15) is 6.92 Å². The van der Waals surface area contributed by atoms with Crippen molar-refractivity contribution in [1.29, 1.82) is 0 Å². The van der Waals surface area contributed by atoms with Gasteiger partial charge in [-0.2, -0.15) is 0 Å². The Morgan fingerprint density at radius 1 is 1.28 bits per heavy atom. The molecule has 0 saturated heterocycles. The van der Waals surface area contributed by atoms with Gasteiger partial charge < -0.3 is 15.2 Å². The molecule has 100 valence electrons. The summed E-state index contributed by atoms with van der Waals surface area (Å²) >= 11 is 4.85. The molecule has 4 nitrogen and oxygen atoms in total. The quantitative estimate of drug-likeness (QED) is 0.727. The van der Waals surface area contributed by atoms with Crippen LogP contribution in [-0.2, 0) is 0 Å². The summed E-state index contributed by atoms with van der Waals surface area (Å²) in [5, 5.41) is 0. The minimum Gasteiger partial charge on any atom is -0.490 e. The Morgan fingerprint density at radius 3 is 2.44 bits per heavy atom. The maximum absolute atomic E-state index is 5.69. The van der Waals surface area contributed by atoms with Gasteiger partial charge in [0.15, 0.2) is 11.5 Å². The van der Waals surface area contributed by atoms with Gasteiger partial charge in [-0.25, -0.2) is 0 Å². The molecule has 0 heterocycles. The van der Waals surface area contributed by atoms with Gasteiger partial charge in [-0.15, -0.1) is 0 Å². The smallest absolute Gasteiger partial charge is 0.161 e. The number of hydrogen-bond acceptors (Lipinski definition) is 4. The third kappa shape index (κ3) is 5.33. The molecule has 0 spiro atoms. The summed E-state index contributed by atoms with van der Waals surface area (Å²) in [5.74, 6) is 1.54. The molecule has 0 aliphatic rings. The summed E-state index contributed by atoms with van der Waals surface area (Å²) in [6, 6.07) is 7.66. The van der Waals surface area contributed by atoms with Gasteiger partial charge in [0.05, 0.1) is 11.6 Å². The molecule has 1 aromatic carbocycles. The third-order valence-electron chi connectivity index (χ3n) is 2.31. The predicted octanol–water partition coefficient (Wildman–Crippen LogP) is 1.68. The zero-order valence-corrected chi connectivity index (χ0v) is 11.7. The van der Waals surface area contributed by atoms with Crippen LogP contribution in [0.25, 0.3) is 0 Å². The number of benzene rings is 1. The van der Waals surface area contributed by atoms with Crippen LogP contribution in [0.5, 0.6) is 11.5 Å². The van der Waals surface area contributed by atoms with Gasteiger partial charge in [-0.1, -0.05) is 24.4 Å².